The largest absolute Gasteiger partial charge is 0.493 e. The number of hydrogen-bond acceptors (Lipinski definition) is 6. The zero-order valence-electron chi connectivity index (χ0n) is 23.1. The molecule has 9 heteroatoms. The maximum absolute atomic E-state index is 13.9. The molecule has 1 aliphatic heterocycles. The SMILES string of the molecule is COc1ccc(S(=O)(=O)N(CC(=O)NCc2ccc(CN3CCCC3)cc2)c2cc(C)cc(C)c2)cc1OC. The molecular weight excluding hydrogens is 514 g/mol. The van der Waals surface area contributed by atoms with Crippen molar-refractivity contribution in [3.8, 4) is 11.5 Å². The number of carbonyl (C=O) groups excluding carboxylic acids is 1. The number of benzene rings is 3. The Balaban J connectivity index is 1.52. The van der Waals surface area contributed by atoms with Crippen LogP contribution in [0.25, 0.3) is 0 Å². The molecular formula is C30H37N3O5S. The fourth-order valence-electron chi connectivity index (χ4n) is 4.86. The number of rotatable bonds is 11. The van der Waals surface area contributed by atoms with Gasteiger partial charge in [0.2, 0.25) is 5.91 Å². The average molecular weight is 552 g/mol. The zero-order valence-corrected chi connectivity index (χ0v) is 23.9. The molecule has 1 fully saturated rings. The third-order valence-electron chi connectivity index (χ3n) is 6.84. The summed E-state index contributed by atoms with van der Waals surface area (Å²) in [6, 6.07) is 18.1. The molecule has 0 spiro atoms. The van der Waals surface area contributed by atoms with E-state index in [2.05, 4.69) is 22.3 Å². The Kier molecular flexibility index (Phi) is 9.14. The van der Waals surface area contributed by atoms with Crippen molar-refractivity contribution in [1.82, 2.24) is 10.2 Å². The molecule has 0 unspecified atom stereocenters. The Labute approximate surface area is 231 Å². The second-order valence-electron chi connectivity index (χ2n) is 9.95. The fourth-order valence-corrected chi connectivity index (χ4v) is 6.28. The van der Waals surface area contributed by atoms with E-state index >= 15 is 0 Å². The van der Waals surface area contributed by atoms with Crippen molar-refractivity contribution in [2.75, 3.05) is 38.2 Å². The second-order valence-corrected chi connectivity index (χ2v) is 11.8. The van der Waals surface area contributed by atoms with Crippen LogP contribution in [0, 0.1) is 13.8 Å². The maximum Gasteiger partial charge on any atom is 0.264 e. The first kappa shape index (κ1) is 28.4. The van der Waals surface area contributed by atoms with Crippen LogP contribution in [0.3, 0.4) is 0 Å². The van der Waals surface area contributed by atoms with Gasteiger partial charge in [0.25, 0.3) is 10.0 Å². The Morgan fingerprint density at radius 3 is 2.10 bits per heavy atom. The smallest absolute Gasteiger partial charge is 0.264 e. The number of sulfonamides is 1. The summed E-state index contributed by atoms with van der Waals surface area (Å²) < 4.78 is 39.4. The van der Waals surface area contributed by atoms with Crippen molar-refractivity contribution in [3.63, 3.8) is 0 Å². The van der Waals surface area contributed by atoms with Crippen molar-refractivity contribution in [3.05, 3.63) is 82.9 Å². The van der Waals surface area contributed by atoms with Crippen molar-refractivity contribution < 1.29 is 22.7 Å². The standard InChI is InChI=1S/C30H37N3O5S/c1-22-15-23(2)17-26(16-22)33(39(35,36)27-11-12-28(37-3)29(18-27)38-4)21-30(34)31-19-24-7-9-25(10-8-24)20-32-13-5-6-14-32/h7-12,15-18H,5-6,13-14,19-21H2,1-4H3,(H,31,34). The van der Waals surface area contributed by atoms with Crippen LogP contribution >= 0.6 is 0 Å². The van der Waals surface area contributed by atoms with Crippen LogP contribution in [0.5, 0.6) is 11.5 Å². The lowest BCUT2D eigenvalue weighted by molar-refractivity contribution is -0.119. The number of carbonyl (C=O) groups is 1. The number of nitrogens with one attached hydrogen (secondary N) is 1. The minimum Gasteiger partial charge on any atom is -0.493 e. The second kappa shape index (κ2) is 12.5. The number of likely N-dealkylation sites (tertiary alicyclic amines) is 1. The summed E-state index contributed by atoms with van der Waals surface area (Å²) in [5.74, 6) is 0.300. The Bertz CT molecular complexity index is 1380. The highest BCUT2D eigenvalue weighted by Crippen LogP contribution is 2.32. The lowest BCUT2D eigenvalue weighted by Gasteiger charge is -2.25. The van der Waals surface area contributed by atoms with E-state index in [1.54, 1.807) is 18.2 Å². The predicted octanol–water partition coefficient (Wildman–Crippen LogP) is 4.43. The van der Waals surface area contributed by atoms with E-state index in [4.69, 9.17) is 9.47 Å². The molecule has 0 radical (unpaired) electrons. The third-order valence-corrected chi connectivity index (χ3v) is 8.61. The Morgan fingerprint density at radius 2 is 1.49 bits per heavy atom. The number of hydrogen-bond donors (Lipinski definition) is 1. The van der Waals surface area contributed by atoms with Gasteiger partial charge in [-0.2, -0.15) is 0 Å². The molecule has 39 heavy (non-hydrogen) atoms. The van der Waals surface area contributed by atoms with Gasteiger partial charge in [-0.05, 0) is 86.3 Å². The molecule has 3 aromatic rings. The number of amides is 1. The topological polar surface area (TPSA) is 88.2 Å². The van der Waals surface area contributed by atoms with E-state index in [0.717, 1.165) is 40.6 Å². The zero-order chi connectivity index (χ0) is 28.0. The number of aryl methyl sites for hydroxylation is 2. The van der Waals surface area contributed by atoms with Crippen molar-refractivity contribution in [2.45, 2.75) is 44.7 Å². The maximum atomic E-state index is 13.9. The molecule has 1 amide bonds. The molecule has 208 valence electrons. The lowest BCUT2D eigenvalue weighted by atomic mass is 10.1. The van der Waals surface area contributed by atoms with E-state index in [1.807, 2.05) is 32.0 Å². The van der Waals surface area contributed by atoms with E-state index < -0.39 is 15.9 Å². The third kappa shape index (κ3) is 7.10. The van der Waals surface area contributed by atoms with Gasteiger partial charge in [-0.15, -0.1) is 0 Å². The molecule has 1 N–H and O–H groups in total. The quantitative estimate of drug-likeness (QED) is 0.379. The van der Waals surface area contributed by atoms with E-state index in [0.29, 0.717) is 18.0 Å². The molecule has 1 aliphatic rings. The molecule has 3 aromatic carbocycles. The summed E-state index contributed by atoms with van der Waals surface area (Å²) >= 11 is 0. The average Bonchev–Trinajstić information content (AvgIpc) is 3.43. The minimum atomic E-state index is -4.11. The van der Waals surface area contributed by atoms with Crippen molar-refractivity contribution in [2.24, 2.45) is 0 Å². The van der Waals surface area contributed by atoms with Gasteiger partial charge in [0.1, 0.15) is 6.54 Å². The van der Waals surface area contributed by atoms with Gasteiger partial charge in [-0.25, -0.2) is 8.42 Å². The van der Waals surface area contributed by atoms with Crippen LogP contribution in [-0.4, -0.2) is 53.1 Å². The van der Waals surface area contributed by atoms with Crippen LogP contribution in [0.15, 0.2) is 65.6 Å². The van der Waals surface area contributed by atoms with Gasteiger partial charge in [-0.1, -0.05) is 30.3 Å². The van der Waals surface area contributed by atoms with E-state index in [1.165, 1.54) is 44.8 Å². The molecule has 0 aliphatic carbocycles. The van der Waals surface area contributed by atoms with Gasteiger partial charge >= 0.3 is 0 Å². The summed E-state index contributed by atoms with van der Waals surface area (Å²) in [5, 5.41) is 2.89. The number of nitrogens with zero attached hydrogens (tertiary/aromatic N) is 2. The van der Waals surface area contributed by atoms with Gasteiger partial charge in [0.05, 0.1) is 24.8 Å². The first-order valence-electron chi connectivity index (χ1n) is 13.1. The highest BCUT2D eigenvalue weighted by molar-refractivity contribution is 7.92. The summed E-state index contributed by atoms with van der Waals surface area (Å²) in [5.41, 5.74) is 4.41. The molecule has 4 rings (SSSR count). The van der Waals surface area contributed by atoms with E-state index in [-0.39, 0.29) is 17.2 Å². The van der Waals surface area contributed by atoms with Gasteiger partial charge in [-0.3, -0.25) is 14.0 Å². The first-order chi connectivity index (χ1) is 18.7. The molecule has 8 nitrogen and oxygen atoms in total. The minimum absolute atomic E-state index is 0.000648. The summed E-state index contributed by atoms with van der Waals surface area (Å²) in [7, 11) is -1.18. The lowest BCUT2D eigenvalue weighted by Crippen LogP contribution is -2.40. The van der Waals surface area contributed by atoms with Crippen LogP contribution in [-0.2, 0) is 27.9 Å². The van der Waals surface area contributed by atoms with Crippen LogP contribution in [0.1, 0.15) is 35.1 Å². The summed E-state index contributed by atoms with van der Waals surface area (Å²) in [6.07, 6.45) is 2.51. The van der Waals surface area contributed by atoms with Gasteiger partial charge < -0.3 is 14.8 Å². The van der Waals surface area contributed by atoms with Crippen molar-refractivity contribution in [1.29, 1.82) is 0 Å². The molecule has 1 saturated heterocycles. The molecule has 1 heterocycles. The monoisotopic (exact) mass is 551 g/mol. The summed E-state index contributed by atoms with van der Waals surface area (Å²) in [4.78, 5) is 15.5. The molecule has 0 atom stereocenters. The number of ether oxygens (including phenoxy) is 2. The Morgan fingerprint density at radius 1 is 0.872 bits per heavy atom. The number of anilines is 1. The number of methoxy groups -OCH3 is 2. The van der Waals surface area contributed by atoms with Gasteiger partial charge in [0.15, 0.2) is 11.5 Å². The van der Waals surface area contributed by atoms with Crippen LogP contribution in [0.4, 0.5) is 5.69 Å². The normalized spacial score (nSPS) is 13.7. The fraction of sp³-hybridized carbons (Fsp3) is 0.367. The molecule has 0 aromatic heterocycles. The summed E-state index contributed by atoms with van der Waals surface area (Å²) in [6.45, 7) is 6.94. The van der Waals surface area contributed by atoms with Gasteiger partial charge in [0, 0.05) is 19.2 Å². The van der Waals surface area contributed by atoms with E-state index in [9.17, 15) is 13.2 Å². The Hall–Kier alpha value is -3.56. The van der Waals surface area contributed by atoms with Crippen molar-refractivity contribution >= 4 is 21.6 Å². The highest BCUT2D eigenvalue weighted by Gasteiger charge is 2.28. The predicted molar refractivity (Wildman–Crippen MR) is 153 cm³/mol. The highest BCUT2D eigenvalue weighted by atomic mass is 32.2. The first-order valence-corrected chi connectivity index (χ1v) is 14.5. The molecule has 0 saturated carbocycles. The van der Waals surface area contributed by atoms with Crippen LogP contribution < -0.4 is 19.1 Å². The molecule has 0 bridgehead atoms. The van der Waals surface area contributed by atoms with Crippen LogP contribution in [0.2, 0.25) is 0 Å².